The van der Waals surface area contributed by atoms with Crippen molar-refractivity contribution in [1.29, 1.82) is 5.26 Å². The van der Waals surface area contributed by atoms with Gasteiger partial charge in [-0.15, -0.1) is 0 Å². The van der Waals surface area contributed by atoms with Gasteiger partial charge in [-0.25, -0.2) is 4.39 Å². The minimum Gasteiger partial charge on any atom is -0.354 e. The summed E-state index contributed by atoms with van der Waals surface area (Å²) in [5.41, 5.74) is 2.11. The molecular weight excluding hydrogens is 353 g/mol. The summed E-state index contributed by atoms with van der Waals surface area (Å²) in [6, 6.07) is 16.9. The topological polar surface area (TPSA) is 63.4 Å². The molecule has 0 spiro atoms. The Morgan fingerprint density at radius 3 is 2.46 bits per heavy atom. The van der Waals surface area contributed by atoms with Crippen LogP contribution in [0, 0.1) is 17.1 Å². The van der Waals surface area contributed by atoms with Crippen LogP contribution in [0.15, 0.2) is 53.5 Å². The molecule has 0 aromatic heterocycles. The Labute approximate surface area is 166 Å². The van der Waals surface area contributed by atoms with Gasteiger partial charge in [-0.2, -0.15) is 5.26 Å². The molecule has 0 bridgehead atoms. The molecule has 5 nitrogen and oxygen atoms in total. The Morgan fingerprint density at radius 2 is 1.86 bits per heavy atom. The molecular formula is C22H28FN5. The number of halogens is 1. The first-order chi connectivity index (χ1) is 13.6. The first-order valence-corrected chi connectivity index (χ1v) is 9.54. The third-order valence-corrected chi connectivity index (χ3v) is 4.75. The molecule has 148 valence electrons. The number of benzene rings is 2. The van der Waals surface area contributed by atoms with Crippen molar-refractivity contribution in [1.82, 2.24) is 15.5 Å². The van der Waals surface area contributed by atoms with Crippen molar-refractivity contribution >= 4 is 5.96 Å². The number of rotatable bonds is 8. The van der Waals surface area contributed by atoms with E-state index in [0.717, 1.165) is 13.1 Å². The molecule has 2 N–H and O–H groups in total. The van der Waals surface area contributed by atoms with Gasteiger partial charge in [0.15, 0.2) is 5.96 Å². The zero-order valence-corrected chi connectivity index (χ0v) is 16.7. The van der Waals surface area contributed by atoms with Gasteiger partial charge in [0.25, 0.3) is 0 Å². The normalized spacial score (nSPS) is 12.5. The van der Waals surface area contributed by atoms with Crippen LogP contribution in [0.4, 0.5) is 4.39 Å². The molecule has 28 heavy (non-hydrogen) atoms. The molecule has 2 aromatic carbocycles. The molecule has 6 heteroatoms. The molecule has 0 saturated heterocycles. The van der Waals surface area contributed by atoms with Gasteiger partial charge in [-0.05, 0) is 36.9 Å². The number of hydrogen-bond acceptors (Lipinski definition) is 3. The largest absolute Gasteiger partial charge is 0.354 e. The molecule has 2 rings (SSSR count). The quantitative estimate of drug-likeness (QED) is 0.543. The highest BCUT2D eigenvalue weighted by Crippen LogP contribution is 2.19. The fourth-order valence-corrected chi connectivity index (χ4v) is 3.17. The van der Waals surface area contributed by atoms with E-state index in [0.29, 0.717) is 23.6 Å². The van der Waals surface area contributed by atoms with Gasteiger partial charge >= 0.3 is 0 Å². The van der Waals surface area contributed by atoms with Crippen LogP contribution < -0.4 is 10.6 Å². The summed E-state index contributed by atoms with van der Waals surface area (Å²) in [5.74, 6) is 0.252. The fraction of sp³-hybridized carbons (Fsp3) is 0.364. The van der Waals surface area contributed by atoms with Crippen molar-refractivity contribution in [3.63, 3.8) is 0 Å². The van der Waals surface area contributed by atoms with E-state index in [-0.39, 0.29) is 18.4 Å². The first kappa shape index (κ1) is 21.4. The summed E-state index contributed by atoms with van der Waals surface area (Å²) in [7, 11) is 1.69. The maximum Gasteiger partial charge on any atom is 0.191 e. The summed E-state index contributed by atoms with van der Waals surface area (Å²) >= 11 is 0. The number of hydrogen-bond donors (Lipinski definition) is 2. The second-order valence-corrected chi connectivity index (χ2v) is 6.37. The summed E-state index contributed by atoms with van der Waals surface area (Å²) < 4.78 is 14.0. The Bertz CT molecular complexity index is 809. The maximum atomic E-state index is 14.0. The van der Waals surface area contributed by atoms with E-state index in [9.17, 15) is 4.39 Å². The van der Waals surface area contributed by atoms with Crippen LogP contribution in [-0.2, 0) is 6.54 Å². The van der Waals surface area contributed by atoms with Gasteiger partial charge in [-0.3, -0.25) is 9.89 Å². The van der Waals surface area contributed by atoms with Crippen LogP contribution in [0.2, 0.25) is 0 Å². The number of guanidine groups is 1. The zero-order chi connectivity index (χ0) is 20.4. The molecule has 1 unspecified atom stereocenters. The maximum absolute atomic E-state index is 14.0. The van der Waals surface area contributed by atoms with E-state index < -0.39 is 0 Å². The molecule has 0 heterocycles. The van der Waals surface area contributed by atoms with Crippen LogP contribution in [0.25, 0.3) is 0 Å². The SMILES string of the molecule is CCN(CC)C(CNC(=NC)NCc1cc(C#N)ccc1F)c1ccccc1. The highest BCUT2D eigenvalue weighted by atomic mass is 19.1. The Morgan fingerprint density at radius 1 is 1.14 bits per heavy atom. The smallest absolute Gasteiger partial charge is 0.191 e. The van der Waals surface area contributed by atoms with E-state index in [1.165, 1.54) is 17.7 Å². The molecule has 1 atom stereocenters. The van der Waals surface area contributed by atoms with Crippen molar-refractivity contribution in [2.75, 3.05) is 26.7 Å². The number of aliphatic imine (C=N–C) groups is 1. The highest BCUT2D eigenvalue weighted by molar-refractivity contribution is 5.79. The number of nitriles is 1. The van der Waals surface area contributed by atoms with Crippen molar-refractivity contribution < 1.29 is 4.39 Å². The average Bonchev–Trinajstić information content (AvgIpc) is 2.74. The van der Waals surface area contributed by atoms with E-state index >= 15 is 0 Å². The lowest BCUT2D eigenvalue weighted by Gasteiger charge is -2.30. The van der Waals surface area contributed by atoms with Gasteiger partial charge in [0.1, 0.15) is 5.82 Å². The van der Waals surface area contributed by atoms with Crippen molar-refractivity contribution in [2.24, 2.45) is 4.99 Å². The molecule has 0 aliphatic rings. The first-order valence-electron chi connectivity index (χ1n) is 9.54. The fourth-order valence-electron chi connectivity index (χ4n) is 3.17. The minimum absolute atomic E-state index is 0.202. The van der Waals surface area contributed by atoms with E-state index in [4.69, 9.17) is 5.26 Å². The van der Waals surface area contributed by atoms with E-state index in [1.54, 1.807) is 13.1 Å². The van der Waals surface area contributed by atoms with Gasteiger partial charge in [-0.1, -0.05) is 44.2 Å². The number of likely N-dealkylation sites (N-methyl/N-ethyl adjacent to an activating group) is 1. The molecule has 0 aliphatic heterocycles. The Kier molecular flexibility index (Phi) is 8.44. The number of nitrogens with zero attached hydrogens (tertiary/aromatic N) is 3. The third kappa shape index (κ3) is 5.80. The molecule has 0 saturated carbocycles. The predicted molar refractivity (Wildman–Crippen MR) is 111 cm³/mol. The number of nitrogens with one attached hydrogen (secondary N) is 2. The van der Waals surface area contributed by atoms with Crippen molar-refractivity contribution in [3.05, 3.63) is 71.0 Å². The van der Waals surface area contributed by atoms with E-state index in [1.807, 2.05) is 24.3 Å². The monoisotopic (exact) mass is 381 g/mol. The van der Waals surface area contributed by atoms with Gasteiger partial charge < -0.3 is 10.6 Å². The Hall–Kier alpha value is -2.91. The van der Waals surface area contributed by atoms with Crippen LogP contribution in [0.3, 0.4) is 0 Å². The second kappa shape index (κ2) is 11.1. The molecule has 0 amide bonds. The van der Waals surface area contributed by atoms with Gasteiger partial charge in [0, 0.05) is 25.7 Å². The molecule has 0 aliphatic carbocycles. The van der Waals surface area contributed by atoms with Crippen LogP contribution in [-0.4, -0.2) is 37.5 Å². The van der Waals surface area contributed by atoms with Crippen LogP contribution >= 0.6 is 0 Å². The summed E-state index contributed by atoms with van der Waals surface area (Å²) in [6.45, 7) is 7.11. The third-order valence-electron chi connectivity index (χ3n) is 4.75. The summed E-state index contributed by atoms with van der Waals surface area (Å²) in [5, 5.41) is 15.5. The lowest BCUT2D eigenvalue weighted by atomic mass is 10.1. The van der Waals surface area contributed by atoms with Crippen LogP contribution in [0.5, 0.6) is 0 Å². The standard InChI is InChI=1S/C22H28FN5/c1-4-28(5-2)21(18-9-7-6-8-10-18)16-27-22(25-3)26-15-19-13-17(14-24)11-12-20(19)23/h6-13,21H,4-5,15-16H2,1-3H3,(H2,25,26,27). The minimum atomic E-state index is -0.341. The van der Waals surface area contributed by atoms with Gasteiger partial charge in [0.05, 0.1) is 17.7 Å². The average molecular weight is 381 g/mol. The van der Waals surface area contributed by atoms with Crippen LogP contribution in [0.1, 0.15) is 36.6 Å². The molecule has 2 aromatic rings. The zero-order valence-electron chi connectivity index (χ0n) is 16.7. The summed E-state index contributed by atoms with van der Waals surface area (Å²) in [6.07, 6.45) is 0. The lowest BCUT2D eigenvalue weighted by molar-refractivity contribution is 0.219. The van der Waals surface area contributed by atoms with Crippen molar-refractivity contribution in [3.8, 4) is 6.07 Å². The lowest BCUT2D eigenvalue weighted by Crippen LogP contribution is -2.43. The Balaban J connectivity index is 2.04. The highest BCUT2D eigenvalue weighted by Gasteiger charge is 2.18. The summed E-state index contributed by atoms with van der Waals surface area (Å²) in [4.78, 5) is 6.62. The molecule has 0 fully saturated rings. The predicted octanol–water partition coefficient (Wildman–Crippen LogP) is 3.45. The van der Waals surface area contributed by atoms with Crippen molar-refractivity contribution in [2.45, 2.75) is 26.4 Å². The molecule has 0 radical (unpaired) electrons. The second-order valence-electron chi connectivity index (χ2n) is 6.37. The van der Waals surface area contributed by atoms with Gasteiger partial charge in [0.2, 0.25) is 0 Å². The van der Waals surface area contributed by atoms with E-state index in [2.05, 4.69) is 46.5 Å².